The molecule has 0 bridgehead atoms. The first-order chi connectivity index (χ1) is 7.40. The third-order valence-electron chi connectivity index (χ3n) is 3.24. The van der Waals surface area contributed by atoms with Crippen LogP contribution < -0.4 is 0 Å². The molecular formula is C13H18Cl2O. The third kappa shape index (κ3) is 2.91. The van der Waals surface area contributed by atoms with Crippen molar-refractivity contribution in [3.8, 4) is 0 Å². The fourth-order valence-corrected chi connectivity index (χ4v) is 2.29. The van der Waals surface area contributed by atoms with Crippen molar-refractivity contribution in [3.63, 3.8) is 0 Å². The van der Waals surface area contributed by atoms with Gasteiger partial charge in [0.25, 0.3) is 0 Å². The van der Waals surface area contributed by atoms with Crippen molar-refractivity contribution in [3.05, 3.63) is 33.8 Å². The van der Waals surface area contributed by atoms with E-state index in [1.54, 1.807) is 13.2 Å². The molecule has 1 rings (SSSR count). The lowest BCUT2D eigenvalue weighted by atomic mass is 9.74. The van der Waals surface area contributed by atoms with Crippen LogP contribution in [-0.2, 0) is 10.2 Å². The highest BCUT2D eigenvalue weighted by Gasteiger charge is 2.31. The van der Waals surface area contributed by atoms with Crippen molar-refractivity contribution < 1.29 is 4.74 Å². The highest BCUT2D eigenvalue weighted by atomic mass is 35.5. The van der Waals surface area contributed by atoms with E-state index in [0.717, 1.165) is 5.56 Å². The molecule has 1 aromatic carbocycles. The number of hydrogen-bond donors (Lipinski definition) is 0. The number of rotatable bonds is 4. The lowest BCUT2D eigenvalue weighted by Gasteiger charge is -2.34. The second-order valence-electron chi connectivity index (χ2n) is 4.66. The van der Waals surface area contributed by atoms with Crippen LogP contribution in [0, 0.1) is 5.92 Å². The summed E-state index contributed by atoms with van der Waals surface area (Å²) in [4.78, 5) is 0. The molecule has 0 aliphatic carbocycles. The van der Waals surface area contributed by atoms with Crippen molar-refractivity contribution in [2.75, 3.05) is 13.7 Å². The van der Waals surface area contributed by atoms with E-state index in [-0.39, 0.29) is 5.41 Å². The summed E-state index contributed by atoms with van der Waals surface area (Å²) in [5.41, 5.74) is 1.06. The van der Waals surface area contributed by atoms with E-state index >= 15 is 0 Å². The van der Waals surface area contributed by atoms with Crippen LogP contribution in [0.4, 0.5) is 0 Å². The maximum absolute atomic E-state index is 6.04. The third-order valence-corrected chi connectivity index (χ3v) is 3.68. The highest BCUT2D eigenvalue weighted by molar-refractivity contribution is 6.34. The number of benzene rings is 1. The van der Waals surface area contributed by atoms with Gasteiger partial charge in [0.05, 0.1) is 6.61 Å². The van der Waals surface area contributed by atoms with Gasteiger partial charge in [-0.15, -0.1) is 0 Å². The summed E-state index contributed by atoms with van der Waals surface area (Å²) in [6.45, 7) is 7.17. The van der Waals surface area contributed by atoms with Gasteiger partial charge in [-0.2, -0.15) is 0 Å². The first kappa shape index (κ1) is 13.8. The van der Waals surface area contributed by atoms with Gasteiger partial charge in [-0.3, -0.25) is 0 Å². The van der Waals surface area contributed by atoms with E-state index in [9.17, 15) is 0 Å². The zero-order valence-electron chi connectivity index (χ0n) is 10.2. The van der Waals surface area contributed by atoms with Crippen LogP contribution in [0.1, 0.15) is 26.3 Å². The van der Waals surface area contributed by atoms with Gasteiger partial charge in [0.1, 0.15) is 0 Å². The summed E-state index contributed by atoms with van der Waals surface area (Å²) < 4.78 is 5.32. The number of halogens is 2. The Morgan fingerprint density at radius 1 is 1.19 bits per heavy atom. The summed E-state index contributed by atoms with van der Waals surface area (Å²) in [7, 11) is 1.72. The average molecular weight is 261 g/mol. The molecule has 0 saturated heterocycles. The fraction of sp³-hybridized carbons (Fsp3) is 0.538. The molecular weight excluding hydrogens is 243 g/mol. The maximum Gasteiger partial charge on any atom is 0.0558 e. The van der Waals surface area contributed by atoms with E-state index < -0.39 is 0 Å². The lowest BCUT2D eigenvalue weighted by Crippen LogP contribution is -2.33. The first-order valence-corrected chi connectivity index (χ1v) is 6.11. The maximum atomic E-state index is 6.04. The Labute approximate surface area is 108 Å². The van der Waals surface area contributed by atoms with Crippen molar-refractivity contribution >= 4 is 23.2 Å². The van der Waals surface area contributed by atoms with Gasteiger partial charge in [-0.1, -0.05) is 44.0 Å². The minimum absolute atomic E-state index is 0.0662. The molecule has 1 aromatic rings. The van der Waals surface area contributed by atoms with Crippen LogP contribution in [0.25, 0.3) is 0 Å². The normalized spacial score (nSPS) is 15.2. The predicted octanol–water partition coefficient (Wildman–Crippen LogP) is 4.55. The smallest absolute Gasteiger partial charge is 0.0558 e. The first-order valence-electron chi connectivity index (χ1n) is 5.35. The minimum Gasteiger partial charge on any atom is -0.384 e. The molecule has 0 aromatic heterocycles. The topological polar surface area (TPSA) is 9.23 Å². The van der Waals surface area contributed by atoms with E-state index in [0.29, 0.717) is 22.6 Å². The van der Waals surface area contributed by atoms with Gasteiger partial charge in [-0.25, -0.2) is 0 Å². The Morgan fingerprint density at radius 2 is 1.69 bits per heavy atom. The minimum atomic E-state index is -0.0662. The van der Waals surface area contributed by atoms with Crippen molar-refractivity contribution in [2.24, 2.45) is 5.92 Å². The van der Waals surface area contributed by atoms with Crippen molar-refractivity contribution in [1.82, 2.24) is 0 Å². The molecule has 1 atom stereocenters. The summed E-state index contributed by atoms with van der Waals surface area (Å²) in [6, 6.07) is 5.68. The van der Waals surface area contributed by atoms with Crippen LogP contribution in [0.2, 0.25) is 10.0 Å². The van der Waals surface area contributed by atoms with Crippen LogP contribution in [0.5, 0.6) is 0 Å². The van der Waals surface area contributed by atoms with Crippen LogP contribution in [-0.4, -0.2) is 13.7 Å². The van der Waals surface area contributed by atoms with Crippen molar-refractivity contribution in [2.45, 2.75) is 26.2 Å². The molecule has 1 nitrogen and oxygen atoms in total. The molecule has 0 N–H and O–H groups in total. The number of methoxy groups -OCH3 is 1. The number of ether oxygens (including phenoxy) is 1. The number of hydrogen-bond acceptors (Lipinski definition) is 1. The summed E-state index contributed by atoms with van der Waals surface area (Å²) >= 11 is 12.1. The Kier molecular flexibility index (Phi) is 4.66. The van der Waals surface area contributed by atoms with E-state index in [1.807, 2.05) is 12.1 Å². The van der Waals surface area contributed by atoms with Crippen LogP contribution >= 0.6 is 23.2 Å². The van der Waals surface area contributed by atoms with E-state index in [1.165, 1.54) is 0 Å². The summed E-state index contributed by atoms with van der Waals surface area (Å²) in [5.74, 6) is 0.446. The summed E-state index contributed by atoms with van der Waals surface area (Å²) in [6.07, 6.45) is 0. The van der Waals surface area contributed by atoms with Gasteiger partial charge in [0, 0.05) is 22.6 Å². The predicted molar refractivity (Wildman–Crippen MR) is 70.5 cm³/mol. The molecule has 0 amide bonds. The zero-order chi connectivity index (χ0) is 12.3. The molecule has 0 heterocycles. The molecule has 0 spiro atoms. The van der Waals surface area contributed by atoms with E-state index in [4.69, 9.17) is 27.9 Å². The SMILES string of the molecule is COC[C@](C)(c1cc(Cl)cc(Cl)c1)C(C)C. The van der Waals surface area contributed by atoms with Gasteiger partial charge in [0.2, 0.25) is 0 Å². The molecule has 0 aliphatic heterocycles. The van der Waals surface area contributed by atoms with Gasteiger partial charge >= 0.3 is 0 Å². The molecule has 0 saturated carbocycles. The second-order valence-corrected chi connectivity index (χ2v) is 5.54. The molecule has 0 unspecified atom stereocenters. The van der Waals surface area contributed by atoms with Gasteiger partial charge in [0.15, 0.2) is 0 Å². The van der Waals surface area contributed by atoms with Gasteiger partial charge in [-0.05, 0) is 29.7 Å². The quantitative estimate of drug-likeness (QED) is 0.772. The molecule has 0 radical (unpaired) electrons. The molecule has 90 valence electrons. The lowest BCUT2D eigenvalue weighted by molar-refractivity contribution is 0.111. The average Bonchev–Trinajstić information content (AvgIpc) is 2.16. The largest absolute Gasteiger partial charge is 0.384 e. The second kappa shape index (κ2) is 5.39. The fourth-order valence-electron chi connectivity index (χ4n) is 1.77. The molecule has 0 fully saturated rings. The Morgan fingerprint density at radius 3 is 2.06 bits per heavy atom. The summed E-state index contributed by atoms with van der Waals surface area (Å²) in [5, 5.41) is 1.34. The highest BCUT2D eigenvalue weighted by Crippen LogP contribution is 2.35. The van der Waals surface area contributed by atoms with Crippen molar-refractivity contribution in [1.29, 1.82) is 0 Å². The van der Waals surface area contributed by atoms with E-state index in [2.05, 4.69) is 20.8 Å². The molecule has 3 heteroatoms. The van der Waals surface area contributed by atoms with Crippen LogP contribution in [0.3, 0.4) is 0 Å². The standard InChI is InChI=1S/C13H18Cl2O/c1-9(2)13(3,8-16-4)10-5-11(14)7-12(15)6-10/h5-7,9H,8H2,1-4H3/t13-/m0/s1. The Balaban J connectivity index is 3.20. The zero-order valence-corrected chi connectivity index (χ0v) is 11.7. The molecule has 16 heavy (non-hydrogen) atoms. The monoisotopic (exact) mass is 260 g/mol. The molecule has 0 aliphatic rings. The Bertz CT molecular complexity index is 343. The van der Waals surface area contributed by atoms with Gasteiger partial charge < -0.3 is 4.74 Å². The Hall–Kier alpha value is -0.240. The van der Waals surface area contributed by atoms with Crippen LogP contribution in [0.15, 0.2) is 18.2 Å².